The Morgan fingerprint density at radius 2 is 1.38 bits per heavy atom. The van der Waals surface area contributed by atoms with Crippen molar-refractivity contribution in [3.05, 3.63) is 138 Å². The Hall–Kier alpha value is -4.51. The van der Waals surface area contributed by atoms with E-state index in [4.69, 9.17) is 14.7 Å². The number of rotatable bonds is 14. The van der Waals surface area contributed by atoms with Crippen LogP contribution in [0.25, 0.3) is 10.8 Å². The summed E-state index contributed by atoms with van der Waals surface area (Å²) in [5.41, 5.74) is 10.2. The van der Waals surface area contributed by atoms with Gasteiger partial charge >= 0.3 is 16.1 Å². The Kier molecular flexibility index (Phi) is 13.3. The monoisotopic (exact) mass is 687 g/mol. The number of nitrogens with two attached hydrogens (primary N) is 1. The highest BCUT2D eigenvalue weighted by Crippen LogP contribution is 2.23. The second kappa shape index (κ2) is 17.6. The average Bonchev–Trinajstić information content (AvgIpc) is 3.06. The van der Waals surface area contributed by atoms with Crippen molar-refractivity contribution in [2.45, 2.75) is 37.5 Å². The Morgan fingerprint density at radius 3 is 2.02 bits per heavy atom. The molecule has 0 aliphatic carbocycles. The molecule has 0 aromatic heterocycles. The second-order valence-electron chi connectivity index (χ2n) is 11.3. The maximum absolute atomic E-state index is 11.7. The van der Waals surface area contributed by atoms with E-state index in [1.54, 1.807) is 24.3 Å². The van der Waals surface area contributed by atoms with Gasteiger partial charge in [0.25, 0.3) is 0 Å². The van der Waals surface area contributed by atoms with E-state index >= 15 is 0 Å². The third kappa shape index (κ3) is 11.9. The van der Waals surface area contributed by atoms with Crippen LogP contribution in [0.5, 0.6) is 17.2 Å². The van der Waals surface area contributed by atoms with Crippen molar-refractivity contribution in [3.8, 4) is 17.2 Å². The molecule has 8 nitrogen and oxygen atoms in total. The molecule has 0 aliphatic heterocycles. The van der Waals surface area contributed by atoms with E-state index in [0.29, 0.717) is 31.0 Å². The lowest BCUT2D eigenvalue weighted by molar-refractivity contribution is -0.136. The molecular formula is C38H41NO7S2. The molecule has 0 spiro atoms. The number of aryl methyl sites for hydroxylation is 1. The summed E-state index contributed by atoms with van der Waals surface area (Å²) in [5, 5.41) is 21.0. The molecule has 5 aromatic rings. The van der Waals surface area contributed by atoms with E-state index in [-0.39, 0.29) is 17.5 Å². The third-order valence-corrected chi connectivity index (χ3v) is 9.12. The van der Waals surface area contributed by atoms with Crippen LogP contribution in [0.2, 0.25) is 0 Å². The van der Waals surface area contributed by atoms with Crippen LogP contribution in [0.1, 0.15) is 35.2 Å². The molecule has 2 atom stereocenters. The van der Waals surface area contributed by atoms with Gasteiger partial charge in [0.05, 0.1) is 12.9 Å². The van der Waals surface area contributed by atoms with Gasteiger partial charge in [0, 0.05) is 12.5 Å². The lowest BCUT2D eigenvalue weighted by atomic mass is 10.0. The number of fused-ring (bicyclic) bond motifs is 1. The fraction of sp³-hybridized carbons (Fsp3) is 0.237. The molecule has 252 valence electrons. The molecule has 48 heavy (non-hydrogen) atoms. The first kappa shape index (κ1) is 36.3. The molecule has 0 saturated carbocycles. The summed E-state index contributed by atoms with van der Waals surface area (Å²) in [6.07, 6.45) is 2.84. The lowest BCUT2D eigenvalue weighted by Gasteiger charge is -2.13. The topological polar surface area (TPSA) is 136 Å². The largest absolute Gasteiger partial charge is 0.508 e. The SMILES string of the molecule is CS(=O)(=O)Oc1ccc(OCCc2ccc(C[C@H](SCCc3ccc(O)cc3)C(=O)O)cc2)cc1.C[C@H](N)c1cccc2ccccc12. The first-order valence-electron chi connectivity index (χ1n) is 15.5. The summed E-state index contributed by atoms with van der Waals surface area (Å²) < 4.78 is 32.8. The van der Waals surface area contributed by atoms with Gasteiger partial charge < -0.3 is 24.9 Å². The number of benzene rings is 5. The number of ether oxygens (including phenoxy) is 1. The molecule has 0 bridgehead atoms. The van der Waals surface area contributed by atoms with Gasteiger partial charge in [-0.3, -0.25) is 4.79 Å². The van der Waals surface area contributed by atoms with E-state index in [1.807, 2.05) is 55.5 Å². The molecule has 10 heteroatoms. The molecule has 0 saturated heterocycles. The zero-order valence-electron chi connectivity index (χ0n) is 27.0. The van der Waals surface area contributed by atoms with Crippen LogP contribution in [-0.4, -0.2) is 48.5 Å². The quantitative estimate of drug-likeness (QED) is 0.104. The summed E-state index contributed by atoms with van der Waals surface area (Å²) in [6, 6.07) is 35.9. The fourth-order valence-electron chi connectivity index (χ4n) is 4.96. The summed E-state index contributed by atoms with van der Waals surface area (Å²) in [6.45, 7) is 2.46. The van der Waals surface area contributed by atoms with Gasteiger partial charge in [-0.15, -0.1) is 11.8 Å². The lowest BCUT2D eigenvalue weighted by Crippen LogP contribution is -2.20. The van der Waals surface area contributed by atoms with Crippen LogP contribution >= 0.6 is 11.8 Å². The molecule has 5 aromatic carbocycles. The Bertz CT molecular complexity index is 1850. The molecule has 0 aliphatic rings. The van der Waals surface area contributed by atoms with Crippen molar-refractivity contribution in [1.29, 1.82) is 0 Å². The number of aliphatic carboxylic acids is 1. The molecular weight excluding hydrogens is 647 g/mol. The molecule has 0 heterocycles. The van der Waals surface area contributed by atoms with Crippen molar-refractivity contribution in [2.75, 3.05) is 18.6 Å². The Labute approximate surface area is 286 Å². The van der Waals surface area contributed by atoms with Crippen LogP contribution in [0, 0.1) is 0 Å². The fourth-order valence-corrected chi connectivity index (χ4v) is 6.51. The number of hydrogen-bond donors (Lipinski definition) is 3. The van der Waals surface area contributed by atoms with Crippen LogP contribution in [0.3, 0.4) is 0 Å². The molecule has 5 rings (SSSR count). The average molecular weight is 688 g/mol. The predicted octanol–water partition coefficient (Wildman–Crippen LogP) is 7.18. The van der Waals surface area contributed by atoms with E-state index < -0.39 is 21.3 Å². The van der Waals surface area contributed by atoms with Gasteiger partial charge in [0.1, 0.15) is 22.5 Å². The van der Waals surface area contributed by atoms with Crippen molar-refractivity contribution in [1.82, 2.24) is 0 Å². The van der Waals surface area contributed by atoms with Gasteiger partial charge in [-0.1, -0.05) is 78.9 Å². The van der Waals surface area contributed by atoms with Crippen LogP contribution < -0.4 is 14.7 Å². The number of carboxylic acids is 1. The number of carboxylic acid groups (broad SMARTS) is 1. The molecule has 0 radical (unpaired) electrons. The molecule has 4 N–H and O–H groups in total. The summed E-state index contributed by atoms with van der Waals surface area (Å²) in [4.78, 5) is 11.7. The number of carbonyl (C=O) groups is 1. The van der Waals surface area contributed by atoms with Gasteiger partial charge in [-0.05, 0) is 94.9 Å². The minimum atomic E-state index is -3.56. The summed E-state index contributed by atoms with van der Waals surface area (Å²) in [5.74, 6) is 0.907. The van der Waals surface area contributed by atoms with Gasteiger partial charge in [-0.25, -0.2) is 0 Å². The zero-order chi connectivity index (χ0) is 34.5. The number of phenols is 1. The standard InChI is InChI=1S/C26H28O7S2.C12H13N/c1-35(30,31)33-24-12-10-23(11-13-24)32-16-14-19-2-4-21(5-3-19)18-25(26(28)29)34-17-15-20-6-8-22(27)9-7-20;1-9(13)11-8-4-6-10-5-2-3-7-12(10)11/h2-13,25,27H,14-18H2,1H3,(H,28,29);2-9H,13H2,1H3/t25-;9-/m00/s1. The molecule has 0 unspecified atom stereocenters. The smallest absolute Gasteiger partial charge is 0.316 e. The Morgan fingerprint density at radius 1 is 0.792 bits per heavy atom. The molecule has 0 fully saturated rings. The highest BCUT2D eigenvalue weighted by atomic mass is 32.2. The van der Waals surface area contributed by atoms with E-state index in [9.17, 15) is 23.4 Å². The predicted molar refractivity (Wildman–Crippen MR) is 194 cm³/mol. The van der Waals surface area contributed by atoms with Crippen molar-refractivity contribution < 1.29 is 32.3 Å². The summed E-state index contributed by atoms with van der Waals surface area (Å²) >= 11 is 1.42. The first-order chi connectivity index (χ1) is 23.0. The summed E-state index contributed by atoms with van der Waals surface area (Å²) in [7, 11) is -3.56. The van der Waals surface area contributed by atoms with E-state index in [2.05, 4.69) is 30.3 Å². The van der Waals surface area contributed by atoms with E-state index in [1.165, 1.54) is 40.2 Å². The highest BCUT2D eigenvalue weighted by Gasteiger charge is 2.18. The van der Waals surface area contributed by atoms with Crippen molar-refractivity contribution in [3.63, 3.8) is 0 Å². The van der Waals surface area contributed by atoms with E-state index in [0.717, 1.165) is 29.4 Å². The maximum atomic E-state index is 11.7. The first-order valence-corrected chi connectivity index (χ1v) is 18.4. The Balaban J connectivity index is 0.000000331. The van der Waals surface area contributed by atoms with Crippen LogP contribution in [0.15, 0.2) is 115 Å². The zero-order valence-corrected chi connectivity index (χ0v) is 28.6. The number of phenolic OH excluding ortho intramolecular Hbond substituents is 1. The second-order valence-corrected chi connectivity index (χ2v) is 14.2. The van der Waals surface area contributed by atoms with Crippen molar-refractivity contribution in [2.24, 2.45) is 5.73 Å². The molecule has 0 amide bonds. The highest BCUT2D eigenvalue weighted by molar-refractivity contribution is 8.00. The number of thioether (sulfide) groups is 1. The van der Waals surface area contributed by atoms with Gasteiger partial charge in [0.15, 0.2) is 0 Å². The van der Waals surface area contributed by atoms with Gasteiger partial charge in [-0.2, -0.15) is 8.42 Å². The maximum Gasteiger partial charge on any atom is 0.316 e. The minimum absolute atomic E-state index is 0.103. The number of hydrogen-bond acceptors (Lipinski definition) is 8. The van der Waals surface area contributed by atoms with Crippen LogP contribution in [0.4, 0.5) is 0 Å². The van der Waals surface area contributed by atoms with Crippen molar-refractivity contribution >= 4 is 38.6 Å². The minimum Gasteiger partial charge on any atom is -0.508 e. The third-order valence-electron chi connectivity index (χ3n) is 7.41. The normalized spacial score (nSPS) is 12.4. The number of aromatic hydroxyl groups is 1. The van der Waals surface area contributed by atoms with Crippen LogP contribution in [-0.2, 0) is 34.2 Å². The van der Waals surface area contributed by atoms with Gasteiger partial charge in [0.2, 0.25) is 0 Å².